The van der Waals surface area contributed by atoms with Gasteiger partial charge in [0, 0.05) is 29.1 Å². The second-order valence-electron chi connectivity index (χ2n) is 6.63. The average Bonchev–Trinajstić information content (AvgIpc) is 3.15. The first-order valence-corrected chi connectivity index (χ1v) is 10.0. The van der Waals surface area contributed by atoms with Gasteiger partial charge >= 0.3 is 0 Å². The highest BCUT2D eigenvalue weighted by Gasteiger charge is 2.24. The van der Waals surface area contributed by atoms with Gasteiger partial charge in [-0.15, -0.1) is 12.4 Å². The van der Waals surface area contributed by atoms with E-state index in [4.69, 9.17) is 0 Å². The van der Waals surface area contributed by atoms with E-state index >= 15 is 0 Å². The van der Waals surface area contributed by atoms with E-state index in [2.05, 4.69) is 17.1 Å². The molecule has 2 aromatic rings. The summed E-state index contributed by atoms with van der Waals surface area (Å²) in [6.45, 7) is 4.62. The van der Waals surface area contributed by atoms with Gasteiger partial charge in [0.1, 0.15) is 5.82 Å². The molecule has 29 heavy (non-hydrogen) atoms. The summed E-state index contributed by atoms with van der Waals surface area (Å²) < 4.78 is 13.0. The van der Waals surface area contributed by atoms with Gasteiger partial charge in [-0.2, -0.15) is 0 Å². The van der Waals surface area contributed by atoms with E-state index in [0.717, 1.165) is 37.7 Å². The first-order chi connectivity index (χ1) is 13.5. The summed E-state index contributed by atoms with van der Waals surface area (Å²) in [7, 11) is 0. The van der Waals surface area contributed by atoms with Gasteiger partial charge in [-0.1, -0.05) is 18.7 Å². The number of hydrogen-bond acceptors (Lipinski definition) is 5. The Morgan fingerprint density at radius 2 is 2.03 bits per heavy atom. The molecule has 2 aromatic carbocycles. The van der Waals surface area contributed by atoms with E-state index in [9.17, 15) is 19.3 Å². The third-order valence-corrected chi connectivity index (χ3v) is 5.94. The summed E-state index contributed by atoms with van der Waals surface area (Å²) in [5, 5.41) is 14.4. The molecule has 0 saturated carbocycles. The number of likely N-dealkylation sites (tertiary alicyclic amines) is 1. The number of nitrogens with one attached hydrogen (secondary N) is 1. The minimum Gasteiger partial charge on any atom is -0.350 e. The van der Waals surface area contributed by atoms with Crippen molar-refractivity contribution in [2.24, 2.45) is 0 Å². The number of halogens is 2. The summed E-state index contributed by atoms with van der Waals surface area (Å²) in [6.07, 6.45) is 2.16. The van der Waals surface area contributed by atoms with Crippen LogP contribution in [-0.2, 0) is 0 Å². The normalized spacial score (nSPS) is 16.3. The predicted molar refractivity (Wildman–Crippen MR) is 113 cm³/mol. The van der Waals surface area contributed by atoms with Crippen molar-refractivity contribution in [3.8, 4) is 0 Å². The van der Waals surface area contributed by atoms with E-state index in [-0.39, 0.29) is 35.4 Å². The van der Waals surface area contributed by atoms with Crippen LogP contribution in [0, 0.1) is 15.9 Å². The fraction of sp³-hybridized carbons (Fsp3) is 0.350. The lowest BCUT2D eigenvalue weighted by Crippen LogP contribution is -2.40. The molecule has 1 saturated heterocycles. The molecule has 1 aliphatic rings. The van der Waals surface area contributed by atoms with E-state index < -0.39 is 4.92 Å². The number of rotatable bonds is 7. The van der Waals surface area contributed by atoms with E-state index in [1.54, 1.807) is 24.3 Å². The number of carbonyl (C=O) groups excluding carboxylic acids is 1. The Kier molecular flexibility index (Phi) is 8.43. The van der Waals surface area contributed by atoms with Gasteiger partial charge < -0.3 is 5.32 Å². The van der Waals surface area contributed by atoms with Crippen LogP contribution in [0.1, 0.15) is 30.1 Å². The Bertz CT molecular complexity index is 867. The van der Waals surface area contributed by atoms with Crippen LogP contribution in [0.2, 0.25) is 0 Å². The number of amides is 1. The quantitative estimate of drug-likeness (QED) is 0.507. The van der Waals surface area contributed by atoms with Crippen molar-refractivity contribution in [3.05, 3.63) is 64.0 Å². The molecule has 1 heterocycles. The molecule has 3 rings (SSSR count). The Balaban J connectivity index is 0.00000300. The molecule has 0 aliphatic carbocycles. The van der Waals surface area contributed by atoms with Gasteiger partial charge in [-0.25, -0.2) is 4.39 Å². The minimum atomic E-state index is -0.502. The second kappa shape index (κ2) is 10.6. The zero-order valence-electron chi connectivity index (χ0n) is 16.0. The molecule has 1 aliphatic heterocycles. The number of hydrogen-bond donors (Lipinski definition) is 1. The molecule has 9 heteroatoms. The fourth-order valence-corrected chi connectivity index (χ4v) is 4.27. The first kappa shape index (κ1) is 23.1. The molecular formula is C20H23ClFN3O3S. The third kappa shape index (κ3) is 5.91. The molecule has 0 bridgehead atoms. The number of carbonyl (C=O) groups is 1. The van der Waals surface area contributed by atoms with E-state index in [1.807, 2.05) is 0 Å². The highest BCUT2D eigenvalue weighted by molar-refractivity contribution is 7.99. The summed E-state index contributed by atoms with van der Waals surface area (Å²) in [5.41, 5.74) is 0.120. The van der Waals surface area contributed by atoms with Crippen LogP contribution in [-0.4, -0.2) is 41.4 Å². The Morgan fingerprint density at radius 1 is 1.31 bits per heavy atom. The smallest absolute Gasteiger partial charge is 0.284 e. The van der Waals surface area contributed by atoms with Crippen molar-refractivity contribution in [3.63, 3.8) is 0 Å². The summed E-state index contributed by atoms with van der Waals surface area (Å²) in [5.74, 6) is -0.681. The van der Waals surface area contributed by atoms with Crippen LogP contribution < -0.4 is 5.32 Å². The van der Waals surface area contributed by atoms with Crippen molar-refractivity contribution in [2.45, 2.75) is 35.6 Å². The molecule has 1 amide bonds. The summed E-state index contributed by atoms with van der Waals surface area (Å²) >= 11 is 1.16. The topological polar surface area (TPSA) is 75.5 Å². The predicted octanol–water partition coefficient (Wildman–Crippen LogP) is 4.52. The SMILES string of the molecule is CCN1CCCC1CNC(=O)c1ccc(Sc2ccc(F)cc2)c([N+](=O)[O-])c1.Cl. The maximum atomic E-state index is 13.0. The van der Waals surface area contributed by atoms with Crippen molar-refractivity contribution >= 4 is 35.8 Å². The third-order valence-electron chi connectivity index (χ3n) is 4.86. The van der Waals surface area contributed by atoms with Gasteiger partial charge in [-0.05, 0) is 62.3 Å². The van der Waals surface area contributed by atoms with Gasteiger partial charge in [0.25, 0.3) is 11.6 Å². The molecular weight excluding hydrogens is 417 g/mol. The van der Waals surface area contributed by atoms with Crippen LogP contribution in [0.15, 0.2) is 52.3 Å². The van der Waals surface area contributed by atoms with Gasteiger partial charge in [0.2, 0.25) is 0 Å². The standard InChI is InChI=1S/C20H22FN3O3S.ClH/c1-2-23-11-3-4-16(23)13-22-20(25)14-5-10-19(18(12-14)24(26)27)28-17-8-6-15(21)7-9-17;/h5-10,12,16H,2-4,11,13H2,1H3,(H,22,25);1H. The van der Waals surface area contributed by atoms with Crippen LogP contribution in [0.4, 0.5) is 10.1 Å². The minimum absolute atomic E-state index is 0. The summed E-state index contributed by atoms with van der Waals surface area (Å²) in [6, 6.07) is 10.5. The van der Waals surface area contributed by atoms with Crippen LogP contribution in [0.3, 0.4) is 0 Å². The number of nitrogens with zero attached hydrogens (tertiary/aromatic N) is 2. The largest absolute Gasteiger partial charge is 0.350 e. The number of nitro benzene ring substituents is 1. The number of likely N-dealkylation sites (N-methyl/N-ethyl adjacent to an activating group) is 1. The molecule has 0 spiro atoms. The van der Waals surface area contributed by atoms with Crippen LogP contribution in [0.5, 0.6) is 0 Å². The molecule has 1 atom stereocenters. The summed E-state index contributed by atoms with van der Waals surface area (Å²) in [4.78, 5) is 26.9. The van der Waals surface area contributed by atoms with Gasteiger partial charge in [0.05, 0.1) is 9.82 Å². The van der Waals surface area contributed by atoms with Crippen LogP contribution >= 0.6 is 24.2 Å². The molecule has 156 valence electrons. The molecule has 1 N–H and O–H groups in total. The Morgan fingerprint density at radius 3 is 2.69 bits per heavy atom. The lowest BCUT2D eigenvalue weighted by atomic mass is 10.1. The molecule has 0 aromatic heterocycles. The van der Waals surface area contributed by atoms with Crippen molar-refractivity contribution in [2.75, 3.05) is 19.6 Å². The van der Waals surface area contributed by atoms with Gasteiger partial charge in [0.15, 0.2) is 0 Å². The maximum Gasteiger partial charge on any atom is 0.284 e. The van der Waals surface area contributed by atoms with Crippen LogP contribution in [0.25, 0.3) is 0 Å². The van der Waals surface area contributed by atoms with E-state index in [0.29, 0.717) is 22.4 Å². The number of nitro groups is 1. The zero-order chi connectivity index (χ0) is 20.1. The molecule has 0 radical (unpaired) electrons. The number of benzene rings is 2. The Labute approximate surface area is 179 Å². The highest BCUT2D eigenvalue weighted by Crippen LogP contribution is 2.35. The average molecular weight is 440 g/mol. The lowest BCUT2D eigenvalue weighted by Gasteiger charge is -2.22. The monoisotopic (exact) mass is 439 g/mol. The Hall–Kier alpha value is -2.16. The maximum absolute atomic E-state index is 13.0. The first-order valence-electron chi connectivity index (χ1n) is 9.22. The molecule has 1 fully saturated rings. The zero-order valence-corrected chi connectivity index (χ0v) is 17.6. The second-order valence-corrected chi connectivity index (χ2v) is 7.75. The molecule has 6 nitrogen and oxygen atoms in total. The fourth-order valence-electron chi connectivity index (χ4n) is 3.37. The van der Waals surface area contributed by atoms with Crippen molar-refractivity contribution < 1.29 is 14.1 Å². The lowest BCUT2D eigenvalue weighted by molar-refractivity contribution is -0.387. The van der Waals surface area contributed by atoms with E-state index in [1.165, 1.54) is 18.2 Å². The van der Waals surface area contributed by atoms with Crippen molar-refractivity contribution in [1.29, 1.82) is 0 Å². The highest BCUT2D eigenvalue weighted by atomic mass is 35.5. The van der Waals surface area contributed by atoms with Gasteiger partial charge in [-0.3, -0.25) is 19.8 Å². The van der Waals surface area contributed by atoms with Crippen molar-refractivity contribution in [1.82, 2.24) is 10.2 Å². The molecule has 1 unspecified atom stereocenters.